The van der Waals surface area contributed by atoms with Gasteiger partial charge in [0.15, 0.2) is 0 Å². The van der Waals surface area contributed by atoms with Crippen LogP contribution in [0.4, 0.5) is 4.39 Å². The Bertz CT molecular complexity index is 344. The summed E-state index contributed by atoms with van der Waals surface area (Å²) in [5, 5.41) is 0. The Morgan fingerprint density at radius 1 is 1.38 bits per heavy atom. The van der Waals surface area contributed by atoms with Crippen LogP contribution in [0.2, 0.25) is 0 Å². The van der Waals surface area contributed by atoms with Gasteiger partial charge in [-0.1, -0.05) is 12.1 Å². The average Bonchev–Trinajstić information content (AvgIpc) is 2.24. The van der Waals surface area contributed by atoms with Crippen LogP contribution in [0.1, 0.15) is 38.0 Å². The minimum atomic E-state index is -0.350. The maximum absolute atomic E-state index is 13.4. The highest BCUT2D eigenvalue weighted by Crippen LogP contribution is 2.43. The van der Waals surface area contributed by atoms with Crippen molar-refractivity contribution >= 4 is 0 Å². The van der Waals surface area contributed by atoms with Gasteiger partial charge in [-0.15, -0.1) is 0 Å². The molecule has 13 heavy (non-hydrogen) atoms. The molecule has 2 heteroatoms. The second-order valence-corrected chi connectivity index (χ2v) is 3.97. The molecule has 0 aromatic heterocycles. The van der Waals surface area contributed by atoms with E-state index in [1.165, 1.54) is 6.07 Å². The molecule has 1 aromatic carbocycles. The quantitative estimate of drug-likeness (QED) is 0.596. The minimum Gasteiger partial charge on any atom is -0.363 e. The zero-order valence-corrected chi connectivity index (χ0v) is 8.10. The molecule has 1 nitrogen and oxygen atoms in total. The monoisotopic (exact) mass is 180 g/mol. The van der Waals surface area contributed by atoms with Crippen LogP contribution in [0, 0.1) is 5.82 Å². The number of rotatable bonds is 0. The van der Waals surface area contributed by atoms with E-state index >= 15 is 0 Å². The van der Waals surface area contributed by atoms with E-state index in [1.807, 2.05) is 26.8 Å². The van der Waals surface area contributed by atoms with Crippen molar-refractivity contribution < 1.29 is 9.13 Å². The maximum atomic E-state index is 13.4. The summed E-state index contributed by atoms with van der Waals surface area (Å²) in [6.45, 7) is 5.82. The van der Waals surface area contributed by atoms with Crippen LogP contribution >= 0.6 is 0 Å². The number of hydrogen-bond donors (Lipinski definition) is 0. The summed E-state index contributed by atoms with van der Waals surface area (Å²) < 4.78 is 19.1. The van der Waals surface area contributed by atoms with Crippen LogP contribution in [-0.4, -0.2) is 0 Å². The first-order chi connectivity index (χ1) is 6.02. The highest BCUT2D eigenvalue weighted by atomic mass is 19.1. The van der Waals surface area contributed by atoms with Crippen LogP contribution in [0.5, 0.6) is 0 Å². The Morgan fingerprint density at radius 3 is 2.69 bits per heavy atom. The molecule has 1 aliphatic heterocycles. The van der Waals surface area contributed by atoms with E-state index in [9.17, 15) is 4.39 Å². The van der Waals surface area contributed by atoms with Crippen molar-refractivity contribution in [1.29, 1.82) is 0 Å². The van der Waals surface area contributed by atoms with E-state index in [4.69, 9.17) is 4.74 Å². The molecule has 0 fully saturated rings. The van der Waals surface area contributed by atoms with Crippen LogP contribution in [0.15, 0.2) is 18.2 Å². The summed E-state index contributed by atoms with van der Waals surface area (Å²) in [5.74, 6) is -0.157. The normalized spacial score (nSPS) is 24.5. The third-order valence-electron chi connectivity index (χ3n) is 2.58. The molecule has 0 aliphatic carbocycles. The SMILES string of the molecule is CC1OC(C)(C)c2cccc(F)c21. The van der Waals surface area contributed by atoms with Gasteiger partial charge in [-0.25, -0.2) is 4.39 Å². The lowest BCUT2D eigenvalue weighted by Gasteiger charge is -2.18. The number of hydrogen-bond acceptors (Lipinski definition) is 1. The van der Waals surface area contributed by atoms with E-state index in [0.29, 0.717) is 5.56 Å². The van der Waals surface area contributed by atoms with Crippen LogP contribution < -0.4 is 0 Å². The summed E-state index contributed by atoms with van der Waals surface area (Å²) >= 11 is 0. The standard InChI is InChI=1S/C11H13FO/c1-7-10-8(11(2,3)13-7)5-4-6-9(10)12/h4-7H,1-3H3. The summed E-state index contributed by atoms with van der Waals surface area (Å²) in [6, 6.07) is 5.15. The molecule has 0 N–H and O–H groups in total. The lowest BCUT2D eigenvalue weighted by molar-refractivity contribution is -0.0440. The van der Waals surface area contributed by atoms with E-state index in [2.05, 4.69) is 0 Å². The average molecular weight is 180 g/mol. The maximum Gasteiger partial charge on any atom is 0.129 e. The molecular formula is C11H13FO. The second kappa shape index (κ2) is 2.55. The lowest BCUT2D eigenvalue weighted by atomic mass is 9.95. The molecule has 0 spiro atoms. The minimum absolute atomic E-state index is 0.133. The zero-order valence-electron chi connectivity index (χ0n) is 8.10. The Balaban J connectivity index is 2.65. The topological polar surface area (TPSA) is 9.23 Å². The molecule has 0 saturated heterocycles. The van der Waals surface area contributed by atoms with Gasteiger partial charge in [-0.2, -0.15) is 0 Å². The van der Waals surface area contributed by atoms with E-state index in [0.717, 1.165) is 5.56 Å². The predicted molar refractivity (Wildman–Crippen MR) is 48.9 cm³/mol. The first kappa shape index (κ1) is 8.70. The first-order valence-corrected chi connectivity index (χ1v) is 4.49. The fourth-order valence-corrected chi connectivity index (χ4v) is 2.04. The Hall–Kier alpha value is -0.890. The number of ether oxygens (including phenoxy) is 1. The summed E-state index contributed by atoms with van der Waals surface area (Å²) in [5.41, 5.74) is 1.34. The summed E-state index contributed by atoms with van der Waals surface area (Å²) in [6.07, 6.45) is -0.133. The van der Waals surface area contributed by atoms with Crippen molar-refractivity contribution in [2.24, 2.45) is 0 Å². The van der Waals surface area contributed by atoms with Crippen molar-refractivity contribution in [3.63, 3.8) is 0 Å². The van der Waals surface area contributed by atoms with Crippen molar-refractivity contribution in [3.05, 3.63) is 35.1 Å². The molecule has 1 unspecified atom stereocenters. The second-order valence-electron chi connectivity index (χ2n) is 3.97. The predicted octanol–water partition coefficient (Wildman–Crippen LogP) is 3.15. The molecule has 0 radical (unpaired) electrons. The Labute approximate surface area is 77.5 Å². The molecule has 1 atom stereocenters. The molecule has 1 aliphatic rings. The molecule has 0 bridgehead atoms. The highest BCUT2D eigenvalue weighted by molar-refractivity contribution is 5.37. The molecule has 70 valence electrons. The highest BCUT2D eigenvalue weighted by Gasteiger charge is 2.37. The summed E-state index contributed by atoms with van der Waals surface area (Å²) in [4.78, 5) is 0. The Kier molecular flexibility index (Phi) is 1.70. The third kappa shape index (κ3) is 1.17. The third-order valence-corrected chi connectivity index (χ3v) is 2.58. The van der Waals surface area contributed by atoms with Crippen molar-refractivity contribution in [2.45, 2.75) is 32.5 Å². The van der Waals surface area contributed by atoms with Gasteiger partial charge in [-0.3, -0.25) is 0 Å². The van der Waals surface area contributed by atoms with Crippen molar-refractivity contribution in [1.82, 2.24) is 0 Å². The molecule has 1 heterocycles. The fraction of sp³-hybridized carbons (Fsp3) is 0.455. The Morgan fingerprint density at radius 2 is 2.08 bits per heavy atom. The van der Waals surface area contributed by atoms with Gasteiger partial charge in [0.1, 0.15) is 5.82 Å². The molecule has 0 amide bonds. The van der Waals surface area contributed by atoms with Gasteiger partial charge in [0.25, 0.3) is 0 Å². The number of fused-ring (bicyclic) bond motifs is 1. The molecular weight excluding hydrogens is 167 g/mol. The first-order valence-electron chi connectivity index (χ1n) is 4.49. The lowest BCUT2D eigenvalue weighted by Crippen LogP contribution is -2.14. The summed E-state index contributed by atoms with van der Waals surface area (Å²) in [7, 11) is 0. The number of halogens is 1. The van der Waals surface area contributed by atoms with Gasteiger partial charge in [-0.05, 0) is 32.4 Å². The van der Waals surface area contributed by atoms with Gasteiger partial charge in [0.2, 0.25) is 0 Å². The van der Waals surface area contributed by atoms with E-state index in [1.54, 1.807) is 6.07 Å². The largest absolute Gasteiger partial charge is 0.363 e. The van der Waals surface area contributed by atoms with Gasteiger partial charge in [0, 0.05) is 5.56 Å². The fourth-order valence-electron chi connectivity index (χ4n) is 2.04. The van der Waals surface area contributed by atoms with E-state index < -0.39 is 0 Å². The molecule has 2 rings (SSSR count). The zero-order chi connectivity index (χ0) is 9.64. The van der Waals surface area contributed by atoms with Gasteiger partial charge < -0.3 is 4.74 Å². The van der Waals surface area contributed by atoms with Crippen molar-refractivity contribution in [2.75, 3.05) is 0 Å². The molecule has 0 saturated carbocycles. The van der Waals surface area contributed by atoms with Crippen LogP contribution in [0.25, 0.3) is 0 Å². The molecule has 1 aromatic rings. The number of benzene rings is 1. The van der Waals surface area contributed by atoms with Crippen LogP contribution in [0.3, 0.4) is 0 Å². The van der Waals surface area contributed by atoms with Gasteiger partial charge >= 0.3 is 0 Å². The van der Waals surface area contributed by atoms with Crippen molar-refractivity contribution in [3.8, 4) is 0 Å². The van der Waals surface area contributed by atoms with Gasteiger partial charge in [0.05, 0.1) is 11.7 Å². The smallest absolute Gasteiger partial charge is 0.129 e. The van der Waals surface area contributed by atoms with Crippen LogP contribution in [-0.2, 0) is 10.3 Å². The van der Waals surface area contributed by atoms with E-state index in [-0.39, 0.29) is 17.5 Å².